The average molecular weight is 396 g/mol. The first-order chi connectivity index (χ1) is 13.9. The molecule has 0 bridgehead atoms. The van der Waals surface area contributed by atoms with Gasteiger partial charge in [-0.2, -0.15) is 0 Å². The Kier molecular flexibility index (Phi) is 6.64. The summed E-state index contributed by atoms with van der Waals surface area (Å²) >= 11 is 0. The maximum atomic E-state index is 13.3. The number of carbonyl (C=O) groups is 2. The minimum Gasteiger partial charge on any atom is -0.361 e. The van der Waals surface area contributed by atoms with Crippen molar-refractivity contribution in [1.29, 1.82) is 0 Å². The summed E-state index contributed by atoms with van der Waals surface area (Å²) in [7, 11) is 0. The minimum absolute atomic E-state index is 0.0196. The summed E-state index contributed by atoms with van der Waals surface area (Å²) in [6.45, 7) is 6.78. The summed E-state index contributed by atoms with van der Waals surface area (Å²) in [5, 5.41) is 3.00. The van der Waals surface area contributed by atoms with Crippen molar-refractivity contribution in [3.63, 3.8) is 0 Å². The SMILES string of the molecule is CCC(=O)N1CCO[C@](Cc2ccccc2-c2cccnc2)(C(=O)NC(C)C)C1. The fraction of sp³-hybridized carbons (Fsp3) is 0.435. The second-order valence-corrected chi connectivity index (χ2v) is 7.72. The number of morpholine rings is 1. The van der Waals surface area contributed by atoms with Crippen molar-refractivity contribution in [3.05, 3.63) is 54.4 Å². The maximum absolute atomic E-state index is 13.3. The van der Waals surface area contributed by atoms with Gasteiger partial charge in [-0.05, 0) is 31.0 Å². The molecule has 2 heterocycles. The van der Waals surface area contributed by atoms with Gasteiger partial charge in [0.25, 0.3) is 5.91 Å². The summed E-state index contributed by atoms with van der Waals surface area (Å²) in [5.41, 5.74) is 1.87. The minimum atomic E-state index is -1.12. The molecule has 29 heavy (non-hydrogen) atoms. The van der Waals surface area contributed by atoms with E-state index in [4.69, 9.17) is 4.74 Å². The van der Waals surface area contributed by atoms with E-state index in [9.17, 15) is 9.59 Å². The van der Waals surface area contributed by atoms with Gasteiger partial charge in [0.15, 0.2) is 5.60 Å². The van der Waals surface area contributed by atoms with Crippen molar-refractivity contribution in [2.75, 3.05) is 19.7 Å². The number of hydrogen-bond donors (Lipinski definition) is 1. The van der Waals surface area contributed by atoms with Gasteiger partial charge < -0.3 is 15.0 Å². The lowest BCUT2D eigenvalue weighted by molar-refractivity contribution is -0.166. The van der Waals surface area contributed by atoms with Crippen LogP contribution in [0.1, 0.15) is 32.8 Å². The summed E-state index contributed by atoms with van der Waals surface area (Å²) in [5.74, 6) is -0.141. The summed E-state index contributed by atoms with van der Waals surface area (Å²) in [4.78, 5) is 31.6. The third kappa shape index (κ3) is 4.82. The molecule has 0 saturated carbocycles. The molecule has 2 aromatic rings. The molecule has 1 saturated heterocycles. The molecule has 1 atom stereocenters. The van der Waals surface area contributed by atoms with E-state index in [0.717, 1.165) is 16.7 Å². The van der Waals surface area contributed by atoms with Gasteiger partial charge in [-0.1, -0.05) is 37.3 Å². The zero-order valence-electron chi connectivity index (χ0n) is 17.4. The topological polar surface area (TPSA) is 71.5 Å². The zero-order valence-corrected chi connectivity index (χ0v) is 17.4. The Hall–Kier alpha value is -2.73. The molecule has 154 valence electrons. The van der Waals surface area contributed by atoms with E-state index in [-0.39, 0.29) is 24.4 Å². The lowest BCUT2D eigenvalue weighted by Gasteiger charge is -2.42. The van der Waals surface area contributed by atoms with E-state index in [2.05, 4.69) is 10.3 Å². The van der Waals surface area contributed by atoms with Crippen LogP contribution in [0, 0.1) is 0 Å². The predicted molar refractivity (Wildman–Crippen MR) is 112 cm³/mol. The number of ether oxygens (including phenoxy) is 1. The largest absolute Gasteiger partial charge is 0.361 e. The molecule has 0 spiro atoms. The van der Waals surface area contributed by atoms with Crippen LogP contribution in [-0.4, -0.2) is 53.0 Å². The number of carbonyl (C=O) groups excluding carboxylic acids is 2. The second kappa shape index (κ2) is 9.18. The highest BCUT2D eigenvalue weighted by molar-refractivity contribution is 5.88. The molecular weight excluding hydrogens is 366 g/mol. The lowest BCUT2D eigenvalue weighted by Crippen LogP contribution is -2.62. The van der Waals surface area contributed by atoms with E-state index in [1.807, 2.05) is 63.4 Å². The number of rotatable bonds is 6. The molecule has 1 aromatic carbocycles. The Labute approximate surface area is 172 Å². The third-order valence-electron chi connectivity index (χ3n) is 5.14. The van der Waals surface area contributed by atoms with Crippen LogP contribution >= 0.6 is 0 Å². The Bertz CT molecular complexity index is 853. The van der Waals surface area contributed by atoms with Crippen molar-refractivity contribution in [2.45, 2.75) is 45.3 Å². The normalized spacial score (nSPS) is 19.2. The second-order valence-electron chi connectivity index (χ2n) is 7.72. The molecule has 1 fully saturated rings. The van der Waals surface area contributed by atoms with Crippen molar-refractivity contribution >= 4 is 11.8 Å². The molecule has 3 rings (SSSR count). The Morgan fingerprint density at radius 3 is 2.72 bits per heavy atom. The molecule has 1 aliphatic rings. The first-order valence-corrected chi connectivity index (χ1v) is 10.2. The van der Waals surface area contributed by atoms with Crippen LogP contribution in [0.25, 0.3) is 11.1 Å². The van der Waals surface area contributed by atoms with E-state index in [1.165, 1.54) is 0 Å². The van der Waals surface area contributed by atoms with Gasteiger partial charge in [0, 0.05) is 43.4 Å². The molecule has 0 aliphatic carbocycles. The van der Waals surface area contributed by atoms with E-state index >= 15 is 0 Å². The Morgan fingerprint density at radius 1 is 1.24 bits per heavy atom. The van der Waals surface area contributed by atoms with Crippen LogP contribution in [0.15, 0.2) is 48.8 Å². The van der Waals surface area contributed by atoms with Gasteiger partial charge >= 0.3 is 0 Å². The quantitative estimate of drug-likeness (QED) is 0.816. The highest BCUT2D eigenvalue weighted by Gasteiger charge is 2.45. The molecule has 0 radical (unpaired) electrons. The summed E-state index contributed by atoms with van der Waals surface area (Å²) < 4.78 is 6.13. The Morgan fingerprint density at radius 2 is 2.03 bits per heavy atom. The summed E-state index contributed by atoms with van der Waals surface area (Å²) in [6.07, 6.45) is 4.34. The molecule has 2 amide bonds. The molecular formula is C23H29N3O3. The molecule has 1 aliphatic heterocycles. The van der Waals surface area contributed by atoms with Crippen LogP contribution in [0.4, 0.5) is 0 Å². The van der Waals surface area contributed by atoms with Crippen molar-refractivity contribution < 1.29 is 14.3 Å². The van der Waals surface area contributed by atoms with Crippen molar-refractivity contribution in [3.8, 4) is 11.1 Å². The Balaban J connectivity index is 1.98. The zero-order chi connectivity index (χ0) is 20.9. The van der Waals surface area contributed by atoms with Crippen LogP contribution in [0.3, 0.4) is 0 Å². The molecule has 1 aromatic heterocycles. The highest BCUT2D eigenvalue weighted by atomic mass is 16.5. The molecule has 6 nitrogen and oxygen atoms in total. The van der Waals surface area contributed by atoms with Gasteiger partial charge in [0.1, 0.15) is 0 Å². The van der Waals surface area contributed by atoms with E-state index in [1.54, 1.807) is 11.1 Å². The maximum Gasteiger partial charge on any atom is 0.254 e. The number of benzene rings is 1. The van der Waals surface area contributed by atoms with Crippen LogP contribution in [0.2, 0.25) is 0 Å². The first-order valence-electron chi connectivity index (χ1n) is 10.2. The van der Waals surface area contributed by atoms with Gasteiger partial charge in [-0.25, -0.2) is 0 Å². The molecule has 6 heteroatoms. The lowest BCUT2D eigenvalue weighted by atomic mass is 9.87. The van der Waals surface area contributed by atoms with E-state index in [0.29, 0.717) is 26.0 Å². The number of nitrogens with zero attached hydrogens (tertiary/aromatic N) is 2. The third-order valence-corrected chi connectivity index (χ3v) is 5.14. The highest BCUT2D eigenvalue weighted by Crippen LogP contribution is 2.30. The number of pyridine rings is 1. The van der Waals surface area contributed by atoms with Crippen molar-refractivity contribution in [1.82, 2.24) is 15.2 Å². The van der Waals surface area contributed by atoms with Gasteiger partial charge in [0.05, 0.1) is 13.2 Å². The summed E-state index contributed by atoms with van der Waals surface area (Å²) in [6, 6.07) is 11.8. The van der Waals surface area contributed by atoms with E-state index < -0.39 is 5.60 Å². The number of nitrogens with one attached hydrogen (secondary N) is 1. The standard InChI is InChI=1S/C23H29N3O3/c1-4-21(27)26-12-13-29-23(16-26,22(28)25-17(2)3)14-18-8-5-6-10-20(18)19-9-7-11-24-15-19/h5-11,15,17H,4,12-14,16H2,1-3H3,(H,25,28)/t23-/m0/s1. The molecule has 1 N–H and O–H groups in total. The monoisotopic (exact) mass is 395 g/mol. The fourth-order valence-corrected chi connectivity index (χ4v) is 3.72. The number of amides is 2. The van der Waals surface area contributed by atoms with Crippen LogP contribution in [-0.2, 0) is 20.7 Å². The molecule has 0 unspecified atom stereocenters. The average Bonchev–Trinajstić information content (AvgIpc) is 2.74. The van der Waals surface area contributed by atoms with Gasteiger partial charge in [-0.15, -0.1) is 0 Å². The first kappa shape index (κ1) is 21.0. The van der Waals surface area contributed by atoms with Crippen LogP contribution < -0.4 is 5.32 Å². The van der Waals surface area contributed by atoms with Gasteiger partial charge in [-0.3, -0.25) is 14.6 Å². The predicted octanol–water partition coefficient (Wildman–Crippen LogP) is 2.82. The number of hydrogen-bond acceptors (Lipinski definition) is 4. The smallest absolute Gasteiger partial charge is 0.254 e. The fourth-order valence-electron chi connectivity index (χ4n) is 3.72. The number of aromatic nitrogens is 1. The van der Waals surface area contributed by atoms with Crippen molar-refractivity contribution in [2.24, 2.45) is 0 Å². The van der Waals surface area contributed by atoms with Gasteiger partial charge in [0.2, 0.25) is 5.91 Å². The van der Waals surface area contributed by atoms with Crippen LogP contribution in [0.5, 0.6) is 0 Å².